The molecular weight excluding hydrogens is 214 g/mol. The van der Waals surface area contributed by atoms with Gasteiger partial charge in [0, 0.05) is 12.1 Å². The first-order chi connectivity index (χ1) is 7.87. The minimum absolute atomic E-state index is 0.121. The topological polar surface area (TPSA) is 49.3 Å². The maximum Gasteiger partial charge on any atom is 0.304 e. The summed E-state index contributed by atoms with van der Waals surface area (Å²) in [5.74, 6) is -0.692. The fourth-order valence-corrected chi connectivity index (χ4v) is 2.74. The fourth-order valence-electron chi connectivity index (χ4n) is 2.74. The van der Waals surface area contributed by atoms with Gasteiger partial charge in [-0.25, -0.2) is 0 Å². The van der Waals surface area contributed by atoms with Crippen molar-refractivity contribution in [1.82, 2.24) is 5.32 Å². The van der Waals surface area contributed by atoms with Crippen molar-refractivity contribution in [1.29, 1.82) is 0 Å². The van der Waals surface area contributed by atoms with E-state index in [4.69, 9.17) is 5.11 Å². The normalized spacial score (nSPS) is 20.2. The zero-order chi connectivity index (χ0) is 12.9. The van der Waals surface area contributed by atoms with Crippen LogP contribution in [0.4, 0.5) is 0 Å². The molecule has 3 nitrogen and oxygen atoms in total. The molecule has 0 aromatic heterocycles. The molecule has 2 N–H and O–H groups in total. The van der Waals surface area contributed by atoms with Crippen LogP contribution >= 0.6 is 0 Å². The van der Waals surface area contributed by atoms with E-state index < -0.39 is 5.97 Å². The molecule has 1 fully saturated rings. The van der Waals surface area contributed by atoms with Crippen LogP contribution in [0.5, 0.6) is 0 Å². The molecule has 100 valence electrons. The van der Waals surface area contributed by atoms with Crippen molar-refractivity contribution >= 4 is 5.97 Å². The first-order valence-electron chi connectivity index (χ1n) is 6.85. The van der Waals surface area contributed by atoms with Gasteiger partial charge in [0.25, 0.3) is 0 Å². The number of rotatable bonds is 5. The quantitative estimate of drug-likeness (QED) is 0.777. The Morgan fingerprint density at radius 3 is 2.35 bits per heavy atom. The summed E-state index contributed by atoms with van der Waals surface area (Å²) in [4.78, 5) is 10.9. The van der Waals surface area contributed by atoms with Gasteiger partial charge in [0.1, 0.15) is 0 Å². The van der Waals surface area contributed by atoms with E-state index in [2.05, 4.69) is 26.1 Å². The molecule has 0 amide bonds. The Hall–Kier alpha value is -0.570. The minimum Gasteiger partial charge on any atom is -0.481 e. The standard InChI is InChI=1S/C14H27NO2/c1-14(2,3)10-12(9-13(16)17)15-11-7-5-4-6-8-11/h11-12,15H,4-10H2,1-3H3,(H,16,17). The van der Waals surface area contributed by atoms with Crippen LogP contribution in [0.2, 0.25) is 0 Å². The lowest BCUT2D eigenvalue weighted by atomic mass is 9.85. The first kappa shape index (κ1) is 14.5. The zero-order valence-electron chi connectivity index (χ0n) is 11.5. The van der Waals surface area contributed by atoms with Crippen LogP contribution in [0.15, 0.2) is 0 Å². The second-order valence-electron chi connectivity index (χ2n) is 6.56. The van der Waals surface area contributed by atoms with E-state index in [1.807, 2.05) is 0 Å². The smallest absolute Gasteiger partial charge is 0.304 e. The Kier molecular flexibility index (Phi) is 5.44. The molecule has 17 heavy (non-hydrogen) atoms. The number of nitrogens with one attached hydrogen (secondary N) is 1. The molecule has 0 spiro atoms. The summed E-state index contributed by atoms with van der Waals surface area (Å²) < 4.78 is 0. The number of hydrogen-bond acceptors (Lipinski definition) is 2. The molecule has 0 radical (unpaired) electrons. The van der Waals surface area contributed by atoms with Crippen LogP contribution in [0.1, 0.15) is 65.7 Å². The van der Waals surface area contributed by atoms with Gasteiger partial charge in [0.2, 0.25) is 0 Å². The Morgan fingerprint density at radius 2 is 1.88 bits per heavy atom. The Bertz CT molecular complexity index is 239. The summed E-state index contributed by atoms with van der Waals surface area (Å²) in [6.45, 7) is 6.51. The van der Waals surface area contributed by atoms with Crippen molar-refractivity contribution in [2.24, 2.45) is 5.41 Å². The third-order valence-corrected chi connectivity index (χ3v) is 3.36. The molecule has 0 aromatic carbocycles. The van der Waals surface area contributed by atoms with Gasteiger partial charge in [-0.05, 0) is 24.7 Å². The second-order valence-corrected chi connectivity index (χ2v) is 6.56. The van der Waals surface area contributed by atoms with E-state index in [0.29, 0.717) is 6.04 Å². The van der Waals surface area contributed by atoms with Crippen LogP contribution in [0.3, 0.4) is 0 Å². The first-order valence-corrected chi connectivity index (χ1v) is 6.85. The highest BCUT2D eigenvalue weighted by atomic mass is 16.4. The lowest BCUT2D eigenvalue weighted by Crippen LogP contribution is -2.42. The number of carbonyl (C=O) groups is 1. The van der Waals surface area contributed by atoms with Crippen molar-refractivity contribution in [3.05, 3.63) is 0 Å². The highest BCUT2D eigenvalue weighted by molar-refractivity contribution is 5.67. The molecule has 1 aliphatic carbocycles. The highest BCUT2D eigenvalue weighted by Gasteiger charge is 2.24. The third kappa shape index (κ3) is 6.67. The maximum atomic E-state index is 10.9. The van der Waals surface area contributed by atoms with Crippen LogP contribution < -0.4 is 5.32 Å². The van der Waals surface area contributed by atoms with Crippen LogP contribution in [0, 0.1) is 5.41 Å². The zero-order valence-corrected chi connectivity index (χ0v) is 11.5. The molecule has 1 atom stereocenters. The third-order valence-electron chi connectivity index (χ3n) is 3.36. The summed E-state index contributed by atoms with van der Waals surface area (Å²) in [5, 5.41) is 12.5. The average Bonchev–Trinajstić information content (AvgIpc) is 2.15. The van der Waals surface area contributed by atoms with Gasteiger partial charge in [-0.3, -0.25) is 4.79 Å². The van der Waals surface area contributed by atoms with Crippen LogP contribution in [-0.4, -0.2) is 23.2 Å². The molecule has 0 aliphatic heterocycles. The van der Waals surface area contributed by atoms with E-state index in [-0.39, 0.29) is 17.9 Å². The van der Waals surface area contributed by atoms with Crippen molar-refractivity contribution in [2.45, 2.75) is 77.8 Å². The number of carboxylic acid groups (broad SMARTS) is 1. The predicted molar refractivity (Wildman–Crippen MR) is 70.1 cm³/mol. The molecule has 0 saturated heterocycles. The molecule has 0 heterocycles. The SMILES string of the molecule is CC(C)(C)CC(CC(=O)O)NC1CCCCC1. The van der Waals surface area contributed by atoms with E-state index in [1.165, 1.54) is 32.1 Å². The van der Waals surface area contributed by atoms with E-state index in [9.17, 15) is 4.79 Å². The van der Waals surface area contributed by atoms with E-state index in [1.54, 1.807) is 0 Å². The highest BCUT2D eigenvalue weighted by Crippen LogP contribution is 2.24. The minimum atomic E-state index is -0.692. The van der Waals surface area contributed by atoms with Crippen molar-refractivity contribution < 1.29 is 9.90 Å². The maximum absolute atomic E-state index is 10.9. The second kappa shape index (κ2) is 6.39. The van der Waals surface area contributed by atoms with Crippen molar-refractivity contribution in [3.63, 3.8) is 0 Å². The van der Waals surface area contributed by atoms with Crippen LogP contribution in [0.25, 0.3) is 0 Å². The number of carboxylic acids is 1. The van der Waals surface area contributed by atoms with Gasteiger partial charge in [-0.2, -0.15) is 0 Å². The van der Waals surface area contributed by atoms with E-state index >= 15 is 0 Å². The Balaban J connectivity index is 2.46. The molecular formula is C14H27NO2. The molecule has 1 rings (SSSR count). The molecule has 1 unspecified atom stereocenters. The van der Waals surface area contributed by atoms with Crippen molar-refractivity contribution in [2.75, 3.05) is 0 Å². The Labute approximate surface area is 105 Å². The number of hydrogen-bond donors (Lipinski definition) is 2. The van der Waals surface area contributed by atoms with Crippen LogP contribution in [-0.2, 0) is 4.79 Å². The lowest BCUT2D eigenvalue weighted by molar-refractivity contribution is -0.137. The summed E-state index contributed by atoms with van der Waals surface area (Å²) in [6, 6.07) is 0.658. The van der Waals surface area contributed by atoms with Gasteiger partial charge in [-0.1, -0.05) is 40.0 Å². The lowest BCUT2D eigenvalue weighted by Gasteiger charge is -2.31. The molecule has 0 bridgehead atoms. The molecule has 3 heteroatoms. The van der Waals surface area contributed by atoms with Gasteiger partial charge in [0.05, 0.1) is 6.42 Å². The molecule has 1 saturated carbocycles. The van der Waals surface area contributed by atoms with Gasteiger partial charge in [0.15, 0.2) is 0 Å². The predicted octanol–water partition coefficient (Wildman–Crippen LogP) is 3.19. The van der Waals surface area contributed by atoms with Crippen molar-refractivity contribution in [3.8, 4) is 0 Å². The van der Waals surface area contributed by atoms with Gasteiger partial charge in [-0.15, -0.1) is 0 Å². The summed E-state index contributed by atoms with van der Waals surface area (Å²) >= 11 is 0. The monoisotopic (exact) mass is 241 g/mol. The molecule has 0 aromatic rings. The summed E-state index contributed by atoms with van der Waals surface area (Å²) in [6.07, 6.45) is 7.49. The van der Waals surface area contributed by atoms with E-state index in [0.717, 1.165) is 6.42 Å². The fraction of sp³-hybridized carbons (Fsp3) is 0.929. The van der Waals surface area contributed by atoms with Gasteiger partial charge < -0.3 is 10.4 Å². The largest absolute Gasteiger partial charge is 0.481 e. The summed E-state index contributed by atoms with van der Waals surface area (Å²) in [5.41, 5.74) is 0.182. The summed E-state index contributed by atoms with van der Waals surface area (Å²) in [7, 11) is 0. The van der Waals surface area contributed by atoms with Gasteiger partial charge >= 0.3 is 5.97 Å². The molecule has 1 aliphatic rings. The number of aliphatic carboxylic acids is 1. The average molecular weight is 241 g/mol. The Morgan fingerprint density at radius 1 is 1.29 bits per heavy atom.